The Hall–Kier alpha value is -0.206. The zero-order chi connectivity index (χ0) is 17.6. The summed E-state index contributed by atoms with van der Waals surface area (Å²) in [5.74, 6) is 0. The first kappa shape index (κ1) is 18.6. The molecular weight excluding hydrogens is 460 g/mol. The van der Waals surface area contributed by atoms with Crippen LogP contribution >= 0.6 is 31.9 Å². The van der Waals surface area contributed by atoms with Crippen LogP contribution in [0.5, 0.6) is 0 Å². The van der Waals surface area contributed by atoms with E-state index in [0.717, 1.165) is 15.4 Å². The smallest absolute Gasteiger partial charge is 0.175 e. The lowest BCUT2D eigenvalue weighted by atomic mass is 9.84. The molecule has 5 heteroatoms. The molecular formula is C19H24Br2OSi2. The van der Waals surface area contributed by atoms with E-state index in [1.807, 2.05) is 0 Å². The lowest BCUT2D eigenvalue weighted by molar-refractivity contribution is 0.0938. The van der Waals surface area contributed by atoms with E-state index in [0.29, 0.717) is 0 Å². The Morgan fingerprint density at radius 1 is 0.792 bits per heavy atom. The van der Waals surface area contributed by atoms with Crippen LogP contribution < -0.4 is 0 Å². The fraction of sp³-hybridized carbons (Fsp3) is 0.368. The van der Waals surface area contributed by atoms with E-state index in [2.05, 4.69) is 107 Å². The maximum atomic E-state index is 7.10. The topological polar surface area (TPSA) is 9.23 Å². The number of hydrogen-bond donors (Lipinski definition) is 0. The molecule has 1 aliphatic heterocycles. The Kier molecular flexibility index (Phi) is 5.04. The van der Waals surface area contributed by atoms with Crippen molar-refractivity contribution in [2.45, 2.75) is 44.3 Å². The van der Waals surface area contributed by atoms with Crippen LogP contribution in [-0.4, -0.2) is 15.4 Å². The summed E-state index contributed by atoms with van der Waals surface area (Å²) in [6, 6.07) is 18.7. The molecule has 2 aromatic rings. The Labute approximate surface area is 164 Å². The van der Waals surface area contributed by atoms with Crippen molar-refractivity contribution in [2.24, 2.45) is 0 Å². The molecule has 0 aromatic heterocycles. The summed E-state index contributed by atoms with van der Waals surface area (Å²) in [6.45, 7) is 9.86. The quantitative estimate of drug-likeness (QED) is 0.423. The highest BCUT2D eigenvalue weighted by molar-refractivity contribution is 9.10. The molecule has 0 radical (unpaired) electrons. The lowest BCUT2D eigenvalue weighted by Gasteiger charge is -2.52. The average Bonchev–Trinajstić information content (AvgIpc) is 2.52. The Morgan fingerprint density at radius 3 is 1.58 bits per heavy atom. The van der Waals surface area contributed by atoms with Crippen LogP contribution in [0, 0.1) is 0 Å². The first-order valence-corrected chi connectivity index (χ1v) is 17.1. The van der Waals surface area contributed by atoms with Crippen molar-refractivity contribution in [1.29, 1.82) is 0 Å². The predicted molar refractivity (Wildman–Crippen MR) is 115 cm³/mol. The fourth-order valence-electron chi connectivity index (χ4n) is 3.43. The molecule has 1 heterocycles. The van der Waals surface area contributed by atoms with Crippen molar-refractivity contribution in [3.8, 4) is 0 Å². The molecule has 1 aliphatic rings. The third-order valence-electron chi connectivity index (χ3n) is 5.78. The molecule has 1 saturated heterocycles. The van der Waals surface area contributed by atoms with Gasteiger partial charge in [-0.2, -0.15) is 0 Å². The minimum atomic E-state index is -1.73. The van der Waals surface area contributed by atoms with Gasteiger partial charge in [-0.05, 0) is 54.9 Å². The van der Waals surface area contributed by atoms with Gasteiger partial charge in [0, 0.05) is 8.95 Å². The van der Waals surface area contributed by atoms with Gasteiger partial charge in [-0.1, -0.05) is 75.3 Å². The van der Waals surface area contributed by atoms with Gasteiger partial charge in [0.1, 0.15) is 5.60 Å². The first-order valence-electron chi connectivity index (χ1n) is 8.39. The molecule has 3 rings (SSSR count). The highest BCUT2D eigenvalue weighted by Gasteiger charge is 2.54. The van der Waals surface area contributed by atoms with E-state index in [9.17, 15) is 0 Å². The highest BCUT2D eigenvalue weighted by atomic mass is 79.9. The van der Waals surface area contributed by atoms with Crippen LogP contribution in [0.25, 0.3) is 0 Å². The number of rotatable bonds is 2. The van der Waals surface area contributed by atoms with Crippen LogP contribution in [0.3, 0.4) is 0 Å². The highest BCUT2D eigenvalue weighted by Crippen LogP contribution is 2.48. The van der Waals surface area contributed by atoms with E-state index >= 15 is 0 Å². The minimum absolute atomic E-state index is 0.306. The van der Waals surface area contributed by atoms with Gasteiger partial charge in [0.15, 0.2) is 7.83 Å². The summed E-state index contributed by atoms with van der Waals surface area (Å²) in [6.07, 6.45) is 1.08. The van der Waals surface area contributed by atoms with E-state index in [1.54, 1.807) is 0 Å². The van der Waals surface area contributed by atoms with Gasteiger partial charge in [0.2, 0.25) is 0 Å². The molecule has 0 aliphatic carbocycles. The summed E-state index contributed by atoms with van der Waals surface area (Å²) in [5.41, 5.74) is 2.25. The SMILES string of the molecule is C[Si]1(C)CCC(c2ccc(Br)cc2)(c2ccc(Br)cc2)O[Si]1(C)C. The van der Waals surface area contributed by atoms with Crippen LogP contribution in [0.15, 0.2) is 57.5 Å². The van der Waals surface area contributed by atoms with Gasteiger partial charge >= 0.3 is 0 Å². The molecule has 0 atom stereocenters. The summed E-state index contributed by atoms with van der Waals surface area (Å²) >= 11 is 7.12. The van der Waals surface area contributed by atoms with Crippen molar-refractivity contribution in [3.63, 3.8) is 0 Å². The average molecular weight is 484 g/mol. The van der Waals surface area contributed by atoms with Crippen molar-refractivity contribution in [2.75, 3.05) is 0 Å². The van der Waals surface area contributed by atoms with Gasteiger partial charge in [-0.15, -0.1) is 0 Å². The zero-order valence-corrected chi connectivity index (χ0v) is 19.9. The molecule has 0 amide bonds. The number of benzene rings is 2. The van der Waals surface area contributed by atoms with Crippen molar-refractivity contribution >= 4 is 47.3 Å². The molecule has 0 saturated carbocycles. The van der Waals surface area contributed by atoms with Crippen molar-refractivity contribution < 1.29 is 4.43 Å². The third kappa shape index (κ3) is 3.26. The Morgan fingerprint density at radius 2 is 1.21 bits per heavy atom. The van der Waals surface area contributed by atoms with E-state index < -0.39 is 15.4 Å². The fourth-order valence-corrected chi connectivity index (χ4v) is 10.6. The van der Waals surface area contributed by atoms with Gasteiger partial charge in [0.25, 0.3) is 0 Å². The zero-order valence-electron chi connectivity index (χ0n) is 14.7. The van der Waals surface area contributed by atoms with Gasteiger partial charge in [-0.3, -0.25) is 0 Å². The normalized spacial score (nSPS) is 21.4. The predicted octanol–water partition coefficient (Wildman–Crippen LogP) is 6.87. The molecule has 0 unspecified atom stereocenters. The summed E-state index contributed by atoms with van der Waals surface area (Å²) in [4.78, 5) is 0. The van der Waals surface area contributed by atoms with Gasteiger partial charge in [0.05, 0.1) is 7.59 Å². The molecule has 128 valence electrons. The largest absolute Gasteiger partial charge is 0.407 e. The molecule has 0 bridgehead atoms. The van der Waals surface area contributed by atoms with E-state index in [-0.39, 0.29) is 5.60 Å². The van der Waals surface area contributed by atoms with E-state index in [4.69, 9.17) is 4.43 Å². The molecule has 0 N–H and O–H groups in total. The van der Waals surface area contributed by atoms with E-state index in [1.165, 1.54) is 17.2 Å². The molecule has 1 nitrogen and oxygen atoms in total. The minimum Gasteiger partial charge on any atom is -0.407 e. The second-order valence-corrected chi connectivity index (χ2v) is 24.8. The molecule has 1 fully saturated rings. The maximum Gasteiger partial charge on any atom is 0.175 e. The van der Waals surface area contributed by atoms with Gasteiger partial charge in [-0.25, -0.2) is 0 Å². The number of halogens is 2. The monoisotopic (exact) mass is 482 g/mol. The summed E-state index contributed by atoms with van der Waals surface area (Å²) < 4.78 is 9.32. The summed E-state index contributed by atoms with van der Waals surface area (Å²) in [7, 11) is -3.03. The summed E-state index contributed by atoms with van der Waals surface area (Å²) in [5, 5.41) is 0. The van der Waals surface area contributed by atoms with Crippen LogP contribution in [-0.2, 0) is 10.0 Å². The standard InChI is InChI=1S/C19H24Br2OSi2/c1-23(2)14-13-19(22-24(23,3)4,15-5-9-17(20)10-6-15)16-7-11-18(21)12-8-16/h5-12H,13-14H2,1-4H3. The molecule has 2 aromatic carbocycles. The first-order chi connectivity index (χ1) is 11.2. The second kappa shape index (κ2) is 6.51. The van der Waals surface area contributed by atoms with Gasteiger partial charge < -0.3 is 4.43 Å². The van der Waals surface area contributed by atoms with Crippen LogP contribution in [0.4, 0.5) is 0 Å². The second-order valence-electron chi connectivity index (χ2n) is 7.84. The van der Waals surface area contributed by atoms with Crippen LogP contribution in [0.2, 0.25) is 32.2 Å². The Bertz CT molecular complexity index is 679. The Balaban J connectivity index is 2.15. The molecule has 0 spiro atoms. The molecule has 24 heavy (non-hydrogen) atoms. The lowest BCUT2D eigenvalue weighted by Crippen LogP contribution is -2.64. The van der Waals surface area contributed by atoms with Crippen molar-refractivity contribution in [3.05, 3.63) is 68.6 Å². The maximum absolute atomic E-state index is 7.10. The van der Waals surface area contributed by atoms with Crippen molar-refractivity contribution in [1.82, 2.24) is 0 Å². The number of hydrogen-bond acceptors (Lipinski definition) is 1. The third-order valence-corrected chi connectivity index (χ3v) is 23.3. The van der Waals surface area contributed by atoms with Crippen LogP contribution in [0.1, 0.15) is 17.5 Å².